The number of guanidine groups is 1. The number of nitrogens with one attached hydrogen (secondary N) is 2. The zero-order valence-electron chi connectivity index (χ0n) is 18.8. The van der Waals surface area contributed by atoms with Crippen molar-refractivity contribution in [1.82, 2.24) is 15.5 Å². The van der Waals surface area contributed by atoms with E-state index in [-0.39, 0.29) is 30.1 Å². The third-order valence-electron chi connectivity index (χ3n) is 6.07. The van der Waals surface area contributed by atoms with Gasteiger partial charge in [0.1, 0.15) is 11.9 Å². The topological polar surface area (TPSA) is 58.1 Å². The van der Waals surface area contributed by atoms with Crippen molar-refractivity contribution in [2.45, 2.75) is 52.2 Å². The van der Waals surface area contributed by atoms with Gasteiger partial charge in [-0.3, -0.25) is 4.99 Å². The highest BCUT2D eigenvalue weighted by Crippen LogP contribution is 2.24. The summed E-state index contributed by atoms with van der Waals surface area (Å²) >= 11 is 0. The van der Waals surface area contributed by atoms with Gasteiger partial charge < -0.3 is 25.0 Å². The first kappa shape index (κ1) is 25.2. The quantitative estimate of drug-likeness (QED) is 0.306. The standard InChI is InChI=1S/C23H38N4O2.HI/c1-4-27-12-8-19(9-13-27)7-11-25-23(24-3)26-16-20-6-5-18(2)15-22(20)29-21-10-14-28-17-21;/h5-6,15,19,21H,4,7-14,16-17H2,1-3H3,(H2,24,25,26);1H. The van der Waals surface area contributed by atoms with Crippen LogP contribution in [0.25, 0.3) is 0 Å². The number of hydrogen-bond donors (Lipinski definition) is 2. The predicted molar refractivity (Wildman–Crippen MR) is 134 cm³/mol. The molecule has 0 amide bonds. The minimum absolute atomic E-state index is 0. The molecule has 30 heavy (non-hydrogen) atoms. The number of nitrogens with zero attached hydrogens (tertiary/aromatic N) is 2. The lowest BCUT2D eigenvalue weighted by Crippen LogP contribution is -2.39. The number of piperidine rings is 1. The molecule has 0 saturated carbocycles. The van der Waals surface area contributed by atoms with Crippen LogP contribution in [-0.2, 0) is 11.3 Å². The van der Waals surface area contributed by atoms with Crippen LogP contribution in [0.1, 0.15) is 43.7 Å². The second-order valence-corrected chi connectivity index (χ2v) is 8.23. The zero-order chi connectivity index (χ0) is 20.5. The van der Waals surface area contributed by atoms with Crippen molar-refractivity contribution in [2.24, 2.45) is 10.9 Å². The highest BCUT2D eigenvalue weighted by atomic mass is 127. The maximum Gasteiger partial charge on any atom is 0.191 e. The zero-order valence-corrected chi connectivity index (χ0v) is 21.1. The molecule has 1 aromatic rings. The number of aliphatic imine (C=N–C) groups is 1. The first-order chi connectivity index (χ1) is 14.2. The Bertz CT molecular complexity index is 657. The van der Waals surface area contributed by atoms with Gasteiger partial charge in [-0.05, 0) is 63.4 Å². The summed E-state index contributed by atoms with van der Waals surface area (Å²) in [5.41, 5.74) is 2.36. The molecule has 0 aliphatic carbocycles. The molecular weight excluding hydrogens is 491 g/mol. The lowest BCUT2D eigenvalue weighted by molar-refractivity contribution is 0.140. The van der Waals surface area contributed by atoms with Crippen LogP contribution in [-0.4, -0.2) is 63.4 Å². The van der Waals surface area contributed by atoms with E-state index >= 15 is 0 Å². The van der Waals surface area contributed by atoms with Crippen LogP contribution < -0.4 is 15.4 Å². The summed E-state index contributed by atoms with van der Waals surface area (Å²) in [5, 5.41) is 6.92. The van der Waals surface area contributed by atoms with E-state index < -0.39 is 0 Å². The minimum Gasteiger partial charge on any atom is -0.488 e. The van der Waals surface area contributed by atoms with Crippen molar-refractivity contribution in [1.29, 1.82) is 0 Å². The van der Waals surface area contributed by atoms with E-state index in [1.165, 1.54) is 44.5 Å². The SMILES string of the molecule is CCN1CCC(CCNC(=NC)NCc2ccc(C)cc2OC2CCOC2)CC1.I. The average molecular weight is 530 g/mol. The highest BCUT2D eigenvalue weighted by Gasteiger charge is 2.19. The van der Waals surface area contributed by atoms with E-state index in [0.29, 0.717) is 13.2 Å². The van der Waals surface area contributed by atoms with Gasteiger partial charge in [0.25, 0.3) is 0 Å². The van der Waals surface area contributed by atoms with Gasteiger partial charge in [0.15, 0.2) is 5.96 Å². The molecule has 0 bridgehead atoms. The molecule has 1 unspecified atom stereocenters. The molecule has 2 saturated heterocycles. The van der Waals surface area contributed by atoms with Crippen LogP contribution in [0.2, 0.25) is 0 Å². The first-order valence-electron chi connectivity index (χ1n) is 11.2. The second-order valence-electron chi connectivity index (χ2n) is 8.23. The Morgan fingerprint density at radius 3 is 2.70 bits per heavy atom. The molecule has 2 fully saturated rings. The molecule has 1 aromatic carbocycles. The van der Waals surface area contributed by atoms with Gasteiger partial charge in [0.2, 0.25) is 0 Å². The summed E-state index contributed by atoms with van der Waals surface area (Å²) in [6.07, 6.45) is 4.96. The van der Waals surface area contributed by atoms with Gasteiger partial charge in [0.05, 0.1) is 13.2 Å². The summed E-state index contributed by atoms with van der Waals surface area (Å²) in [5.74, 6) is 2.63. The summed E-state index contributed by atoms with van der Waals surface area (Å²) in [6, 6.07) is 6.39. The number of rotatable bonds is 8. The maximum absolute atomic E-state index is 6.20. The van der Waals surface area contributed by atoms with Gasteiger partial charge in [-0.2, -0.15) is 0 Å². The number of aryl methyl sites for hydroxylation is 1. The fourth-order valence-electron chi connectivity index (χ4n) is 4.09. The Morgan fingerprint density at radius 2 is 2.03 bits per heavy atom. The highest BCUT2D eigenvalue weighted by molar-refractivity contribution is 14.0. The summed E-state index contributed by atoms with van der Waals surface area (Å²) < 4.78 is 11.7. The number of benzene rings is 1. The van der Waals surface area contributed by atoms with Crippen molar-refractivity contribution >= 4 is 29.9 Å². The first-order valence-corrected chi connectivity index (χ1v) is 11.2. The van der Waals surface area contributed by atoms with Crippen LogP contribution in [0.15, 0.2) is 23.2 Å². The molecule has 2 aliphatic heterocycles. The Labute approximate surface area is 199 Å². The fourth-order valence-corrected chi connectivity index (χ4v) is 4.09. The van der Waals surface area contributed by atoms with Crippen LogP contribution in [0.4, 0.5) is 0 Å². The van der Waals surface area contributed by atoms with E-state index in [1.807, 2.05) is 7.05 Å². The molecule has 6 nitrogen and oxygen atoms in total. The molecule has 170 valence electrons. The van der Waals surface area contributed by atoms with Crippen molar-refractivity contribution in [3.8, 4) is 5.75 Å². The van der Waals surface area contributed by atoms with Crippen molar-refractivity contribution in [3.63, 3.8) is 0 Å². The monoisotopic (exact) mass is 530 g/mol. The Hall–Kier alpha value is -1.06. The van der Waals surface area contributed by atoms with Gasteiger partial charge in [0, 0.05) is 32.1 Å². The van der Waals surface area contributed by atoms with Gasteiger partial charge in [-0.25, -0.2) is 0 Å². The van der Waals surface area contributed by atoms with Gasteiger partial charge in [-0.1, -0.05) is 19.1 Å². The van der Waals surface area contributed by atoms with E-state index in [9.17, 15) is 0 Å². The molecule has 7 heteroatoms. The lowest BCUT2D eigenvalue weighted by Gasteiger charge is -2.31. The van der Waals surface area contributed by atoms with Crippen LogP contribution in [0.5, 0.6) is 5.75 Å². The summed E-state index contributed by atoms with van der Waals surface area (Å²) in [7, 11) is 1.83. The maximum atomic E-state index is 6.20. The number of halogens is 1. The molecule has 2 heterocycles. The molecular formula is C23H39IN4O2. The van der Waals surface area contributed by atoms with E-state index in [2.05, 4.69) is 52.6 Å². The fraction of sp³-hybridized carbons (Fsp3) is 0.696. The molecule has 3 rings (SSSR count). The lowest BCUT2D eigenvalue weighted by atomic mass is 9.93. The van der Waals surface area contributed by atoms with Crippen molar-refractivity contribution in [2.75, 3.05) is 46.4 Å². The Morgan fingerprint density at radius 1 is 1.23 bits per heavy atom. The summed E-state index contributed by atoms with van der Waals surface area (Å²) in [4.78, 5) is 6.93. The Balaban J connectivity index is 0.00000320. The van der Waals surface area contributed by atoms with E-state index in [0.717, 1.165) is 42.8 Å². The van der Waals surface area contributed by atoms with E-state index in [4.69, 9.17) is 9.47 Å². The van der Waals surface area contributed by atoms with Crippen molar-refractivity contribution < 1.29 is 9.47 Å². The molecule has 0 aromatic heterocycles. The second kappa shape index (κ2) is 13.4. The minimum atomic E-state index is 0. The van der Waals surface area contributed by atoms with Crippen molar-refractivity contribution in [3.05, 3.63) is 29.3 Å². The van der Waals surface area contributed by atoms with Gasteiger partial charge in [-0.15, -0.1) is 24.0 Å². The molecule has 0 radical (unpaired) electrons. The van der Waals surface area contributed by atoms with Crippen LogP contribution in [0, 0.1) is 12.8 Å². The summed E-state index contributed by atoms with van der Waals surface area (Å²) in [6.45, 7) is 11.2. The average Bonchev–Trinajstić information content (AvgIpc) is 3.25. The third-order valence-corrected chi connectivity index (χ3v) is 6.07. The van der Waals surface area contributed by atoms with E-state index in [1.54, 1.807) is 0 Å². The van der Waals surface area contributed by atoms with Gasteiger partial charge >= 0.3 is 0 Å². The predicted octanol–water partition coefficient (Wildman–Crippen LogP) is 3.57. The molecule has 2 aliphatic rings. The smallest absolute Gasteiger partial charge is 0.191 e. The molecule has 2 N–H and O–H groups in total. The number of ether oxygens (including phenoxy) is 2. The largest absolute Gasteiger partial charge is 0.488 e. The third kappa shape index (κ3) is 7.89. The number of likely N-dealkylation sites (tertiary alicyclic amines) is 1. The van der Waals surface area contributed by atoms with Crippen LogP contribution in [0.3, 0.4) is 0 Å². The Kier molecular flexibility index (Phi) is 11.2. The van der Waals surface area contributed by atoms with Crippen LogP contribution >= 0.6 is 24.0 Å². The number of hydrogen-bond acceptors (Lipinski definition) is 4. The molecule has 1 atom stereocenters. The molecule has 0 spiro atoms. The normalized spacial score (nSPS) is 20.6.